The summed E-state index contributed by atoms with van der Waals surface area (Å²) in [6, 6.07) is 16.8. The average molecular weight is 415 g/mol. The molecule has 0 saturated heterocycles. The van der Waals surface area contributed by atoms with E-state index in [1.165, 1.54) is 6.07 Å². The van der Waals surface area contributed by atoms with Crippen LogP contribution in [-0.2, 0) is 0 Å². The van der Waals surface area contributed by atoms with Gasteiger partial charge in [0.15, 0.2) is 0 Å². The molecule has 4 nitrogen and oxygen atoms in total. The van der Waals surface area contributed by atoms with E-state index in [1.54, 1.807) is 12.1 Å². The van der Waals surface area contributed by atoms with Gasteiger partial charge < -0.3 is 10.6 Å². The van der Waals surface area contributed by atoms with Crippen molar-refractivity contribution in [2.75, 3.05) is 10.6 Å². The third-order valence-corrected chi connectivity index (χ3v) is 4.47. The molecule has 0 aliphatic rings. The van der Waals surface area contributed by atoms with Crippen molar-refractivity contribution in [3.05, 3.63) is 64.9 Å². The van der Waals surface area contributed by atoms with E-state index in [2.05, 4.69) is 50.4 Å². The highest BCUT2D eigenvalue weighted by Gasteiger charge is 2.10. The summed E-state index contributed by atoms with van der Waals surface area (Å²) < 4.78 is 14.9. The molecular formula is C20H20BrFN4. The first-order chi connectivity index (χ1) is 12.5. The molecule has 0 spiro atoms. The van der Waals surface area contributed by atoms with Crippen molar-refractivity contribution in [3.63, 3.8) is 0 Å². The van der Waals surface area contributed by atoms with Gasteiger partial charge in [-0.25, -0.2) is 9.37 Å². The van der Waals surface area contributed by atoms with Crippen LogP contribution in [0.4, 0.5) is 21.8 Å². The molecule has 2 N–H and O–H groups in total. The van der Waals surface area contributed by atoms with Gasteiger partial charge in [0.25, 0.3) is 0 Å². The molecule has 134 valence electrons. The maximum absolute atomic E-state index is 14.2. The van der Waals surface area contributed by atoms with Crippen molar-refractivity contribution in [2.24, 2.45) is 0 Å². The van der Waals surface area contributed by atoms with Gasteiger partial charge in [0.1, 0.15) is 11.6 Å². The summed E-state index contributed by atoms with van der Waals surface area (Å²) in [6.07, 6.45) is 0.947. The Balaban J connectivity index is 1.98. The van der Waals surface area contributed by atoms with Crippen LogP contribution in [0.1, 0.15) is 20.3 Å². The lowest BCUT2D eigenvalue weighted by Gasteiger charge is -2.15. The third-order valence-electron chi connectivity index (χ3n) is 3.98. The number of hydrogen-bond donors (Lipinski definition) is 2. The Morgan fingerprint density at radius 3 is 2.54 bits per heavy atom. The van der Waals surface area contributed by atoms with Crippen LogP contribution < -0.4 is 10.6 Å². The number of nitrogens with zero attached hydrogens (tertiary/aromatic N) is 2. The summed E-state index contributed by atoms with van der Waals surface area (Å²) in [5.74, 6) is 0.697. The SMILES string of the molecule is CC[C@@H](C)Nc1nc(Nc2ccc(Br)cc2F)cc(-c2ccccc2)n1. The highest BCUT2D eigenvalue weighted by molar-refractivity contribution is 9.10. The van der Waals surface area contributed by atoms with Gasteiger partial charge in [0.2, 0.25) is 5.95 Å². The molecule has 0 radical (unpaired) electrons. The van der Waals surface area contributed by atoms with E-state index in [-0.39, 0.29) is 11.9 Å². The van der Waals surface area contributed by atoms with Gasteiger partial charge in [0, 0.05) is 22.1 Å². The fraction of sp³-hybridized carbons (Fsp3) is 0.200. The fourth-order valence-corrected chi connectivity index (χ4v) is 2.72. The smallest absolute Gasteiger partial charge is 0.225 e. The van der Waals surface area contributed by atoms with Gasteiger partial charge in [0.05, 0.1) is 11.4 Å². The summed E-state index contributed by atoms with van der Waals surface area (Å²) >= 11 is 3.27. The second-order valence-electron chi connectivity index (χ2n) is 6.03. The predicted molar refractivity (Wildman–Crippen MR) is 108 cm³/mol. The molecule has 1 heterocycles. The number of anilines is 3. The van der Waals surface area contributed by atoms with E-state index in [0.717, 1.165) is 17.7 Å². The number of benzene rings is 2. The molecule has 0 fully saturated rings. The first-order valence-electron chi connectivity index (χ1n) is 8.48. The molecule has 1 aromatic heterocycles. The molecule has 3 rings (SSSR count). The third kappa shape index (κ3) is 4.58. The Morgan fingerprint density at radius 2 is 1.85 bits per heavy atom. The monoisotopic (exact) mass is 414 g/mol. The van der Waals surface area contributed by atoms with E-state index in [4.69, 9.17) is 0 Å². The number of aromatic nitrogens is 2. The molecule has 2 aromatic carbocycles. The molecular weight excluding hydrogens is 395 g/mol. The van der Waals surface area contributed by atoms with Crippen LogP contribution in [0, 0.1) is 5.82 Å². The maximum atomic E-state index is 14.2. The van der Waals surface area contributed by atoms with E-state index >= 15 is 0 Å². The van der Waals surface area contributed by atoms with Crippen molar-refractivity contribution in [3.8, 4) is 11.3 Å². The molecule has 0 unspecified atom stereocenters. The Labute approximate surface area is 161 Å². The summed E-state index contributed by atoms with van der Waals surface area (Å²) in [7, 11) is 0. The zero-order chi connectivity index (χ0) is 18.5. The highest BCUT2D eigenvalue weighted by atomic mass is 79.9. The van der Waals surface area contributed by atoms with Gasteiger partial charge in [-0.1, -0.05) is 53.2 Å². The standard InChI is InChI=1S/C20H20BrFN4/c1-3-13(2)23-20-25-18(14-7-5-4-6-8-14)12-19(26-20)24-17-10-9-15(21)11-16(17)22/h4-13H,3H2,1-2H3,(H2,23,24,25,26)/t13-/m1/s1. The van der Waals surface area contributed by atoms with Gasteiger partial charge in [-0.15, -0.1) is 0 Å². The Hall–Kier alpha value is -2.47. The minimum atomic E-state index is -0.351. The fourth-order valence-electron chi connectivity index (χ4n) is 2.38. The quantitative estimate of drug-likeness (QED) is 0.519. The van der Waals surface area contributed by atoms with Gasteiger partial charge in [-0.05, 0) is 31.5 Å². The van der Waals surface area contributed by atoms with Crippen molar-refractivity contribution >= 4 is 33.4 Å². The van der Waals surface area contributed by atoms with Gasteiger partial charge >= 0.3 is 0 Å². The molecule has 0 aliphatic carbocycles. The first-order valence-corrected chi connectivity index (χ1v) is 9.27. The zero-order valence-electron chi connectivity index (χ0n) is 14.6. The first kappa shape index (κ1) is 18.3. The Morgan fingerprint density at radius 1 is 1.08 bits per heavy atom. The number of rotatable bonds is 6. The molecule has 0 aliphatic heterocycles. The highest BCUT2D eigenvalue weighted by Crippen LogP contribution is 2.26. The van der Waals surface area contributed by atoms with Crippen LogP contribution >= 0.6 is 15.9 Å². The van der Waals surface area contributed by atoms with Crippen LogP contribution in [0.2, 0.25) is 0 Å². The van der Waals surface area contributed by atoms with E-state index < -0.39 is 0 Å². The average Bonchev–Trinajstić information content (AvgIpc) is 2.64. The molecule has 0 bridgehead atoms. The van der Waals surface area contributed by atoms with Crippen molar-refractivity contribution in [1.29, 1.82) is 0 Å². The van der Waals surface area contributed by atoms with Crippen molar-refractivity contribution in [2.45, 2.75) is 26.3 Å². The molecule has 1 atom stereocenters. The lowest BCUT2D eigenvalue weighted by molar-refractivity contribution is 0.631. The lowest BCUT2D eigenvalue weighted by Crippen LogP contribution is -2.16. The number of hydrogen-bond acceptors (Lipinski definition) is 4. The maximum Gasteiger partial charge on any atom is 0.225 e. The summed E-state index contributed by atoms with van der Waals surface area (Å²) in [6.45, 7) is 4.16. The van der Waals surface area contributed by atoms with Gasteiger partial charge in [-0.2, -0.15) is 4.98 Å². The van der Waals surface area contributed by atoms with E-state index in [9.17, 15) is 4.39 Å². The second-order valence-corrected chi connectivity index (χ2v) is 6.95. The summed E-state index contributed by atoms with van der Waals surface area (Å²) in [5.41, 5.74) is 2.10. The van der Waals surface area contributed by atoms with E-state index in [1.807, 2.05) is 36.4 Å². The number of nitrogens with one attached hydrogen (secondary N) is 2. The van der Waals surface area contributed by atoms with Crippen LogP contribution in [0.25, 0.3) is 11.3 Å². The lowest BCUT2D eigenvalue weighted by atomic mass is 10.1. The van der Waals surface area contributed by atoms with Crippen molar-refractivity contribution < 1.29 is 4.39 Å². The van der Waals surface area contributed by atoms with Crippen molar-refractivity contribution in [1.82, 2.24) is 9.97 Å². The van der Waals surface area contributed by atoms with Crippen LogP contribution in [0.15, 0.2) is 59.1 Å². The number of halogens is 2. The Kier molecular flexibility index (Phi) is 5.83. The largest absolute Gasteiger partial charge is 0.352 e. The Bertz CT molecular complexity index is 886. The minimum absolute atomic E-state index is 0.235. The molecule has 3 aromatic rings. The van der Waals surface area contributed by atoms with Crippen LogP contribution in [0.5, 0.6) is 0 Å². The molecule has 26 heavy (non-hydrogen) atoms. The van der Waals surface area contributed by atoms with E-state index in [0.29, 0.717) is 21.9 Å². The van der Waals surface area contributed by atoms with Crippen LogP contribution in [0.3, 0.4) is 0 Å². The molecule has 0 amide bonds. The normalized spacial score (nSPS) is 11.8. The molecule has 6 heteroatoms. The summed E-state index contributed by atoms with van der Waals surface area (Å²) in [4.78, 5) is 9.10. The predicted octanol–water partition coefficient (Wildman–Crippen LogP) is 6.00. The minimum Gasteiger partial charge on any atom is -0.352 e. The second kappa shape index (κ2) is 8.27. The van der Waals surface area contributed by atoms with Gasteiger partial charge in [-0.3, -0.25) is 0 Å². The van der Waals surface area contributed by atoms with Crippen LogP contribution in [-0.4, -0.2) is 16.0 Å². The topological polar surface area (TPSA) is 49.8 Å². The molecule has 0 saturated carbocycles. The summed E-state index contributed by atoms with van der Waals surface area (Å²) in [5, 5.41) is 6.34. The zero-order valence-corrected chi connectivity index (χ0v) is 16.2.